The van der Waals surface area contributed by atoms with Gasteiger partial charge in [-0.15, -0.1) is 0 Å². The van der Waals surface area contributed by atoms with Gasteiger partial charge in [0.2, 0.25) is 5.91 Å². The average molecular weight is 896 g/mol. The molecular formula is C58H105NO5. The Morgan fingerprint density at radius 3 is 1.33 bits per heavy atom. The molecule has 6 heteroatoms. The molecule has 3 N–H and O–H groups in total. The fourth-order valence-electron chi connectivity index (χ4n) is 8.26. The highest BCUT2D eigenvalue weighted by Gasteiger charge is 2.24. The quantitative estimate of drug-likeness (QED) is 0.0245. The van der Waals surface area contributed by atoms with Gasteiger partial charge in [0.15, 0.2) is 0 Å². The number of ether oxygens (including phenoxy) is 1. The number of amides is 1. The van der Waals surface area contributed by atoms with E-state index in [0.29, 0.717) is 19.3 Å². The molecule has 0 saturated carbocycles. The van der Waals surface area contributed by atoms with E-state index >= 15 is 0 Å². The molecule has 372 valence electrons. The lowest BCUT2D eigenvalue weighted by Gasteiger charge is -2.24. The lowest BCUT2D eigenvalue weighted by atomic mass is 10.0. The van der Waals surface area contributed by atoms with E-state index in [2.05, 4.69) is 68.6 Å². The van der Waals surface area contributed by atoms with Crippen LogP contribution in [0.3, 0.4) is 0 Å². The molecule has 0 aromatic heterocycles. The maximum Gasteiger partial charge on any atom is 0.306 e. The van der Waals surface area contributed by atoms with Crippen LogP contribution in [0.1, 0.15) is 271 Å². The minimum Gasteiger partial charge on any atom is -0.462 e. The molecule has 1 amide bonds. The number of unbranched alkanes of at least 4 members (excludes halogenated alkanes) is 30. The maximum absolute atomic E-state index is 13.2. The summed E-state index contributed by atoms with van der Waals surface area (Å²) in [4.78, 5) is 26.2. The summed E-state index contributed by atoms with van der Waals surface area (Å²) in [6.45, 7) is 6.35. The lowest BCUT2D eigenvalue weighted by molar-refractivity contribution is -0.151. The Kier molecular flexibility index (Phi) is 49.6. The predicted molar refractivity (Wildman–Crippen MR) is 278 cm³/mol. The van der Waals surface area contributed by atoms with Crippen molar-refractivity contribution in [2.45, 2.75) is 289 Å². The highest BCUT2D eigenvalue weighted by atomic mass is 16.5. The zero-order chi connectivity index (χ0) is 46.7. The molecule has 0 spiro atoms. The van der Waals surface area contributed by atoms with Gasteiger partial charge in [0.05, 0.1) is 25.2 Å². The second-order valence-corrected chi connectivity index (χ2v) is 18.7. The van der Waals surface area contributed by atoms with Gasteiger partial charge in [0.25, 0.3) is 0 Å². The molecule has 0 saturated heterocycles. The molecule has 3 atom stereocenters. The van der Waals surface area contributed by atoms with Crippen molar-refractivity contribution >= 4 is 11.9 Å². The molecule has 3 unspecified atom stereocenters. The Hall–Kier alpha value is -2.44. The number of rotatable bonds is 49. The number of allylic oxidation sites excluding steroid dienone is 10. The number of aliphatic hydroxyl groups excluding tert-OH is 2. The Morgan fingerprint density at radius 1 is 0.469 bits per heavy atom. The maximum atomic E-state index is 13.2. The molecule has 64 heavy (non-hydrogen) atoms. The summed E-state index contributed by atoms with van der Waals surface area (Å²) in [5, 5.41) is 23.8. The first kappa shape index (κ1) is 61.6. The van der Waals surface area contributed by atoms with Gasteiger partial charge in [0, 0.05) is 6.42 Å². The first-order valence-electron chi connectivity index (χ1n) is 27.6. The molecule has 0 aromatic rings. The third kappa shape index (κ3) is 46.1. The Balaban J connectivity index is 4.62. The van der Waals surface area contributed by atoms with Crippen LogP contribution in [0.15, 0.2) is 60.8 Å². The number of esters is 1. The highest BCUT2D eigenvalue weighted by molar-refractivity contribution is 5.77. The van der Waals surface area contributed by atoms with Crippen LogP contribution in [0.2, 0.25) is 0 Å². The van der Waals surface area contributed by atoms with Crippen LogP contribution in [-0.2, 0) is 14.3 Å². The smallest absolute Gasteiger partial charge is 0.306 e. The molecule has 6 nitrogen and oxygen atoms in total. The standard InChI is InChI=1S/C58H105NO5/c1-4-7-10-13-16-19-22-25-27-28-30-32-34-37-40-43-46-49-54(64-58(63)51-48-45-42-39-36-33-29-26-23-20-17-14-11-8-5-2)52-57(62)59-55(53-60)56(61)50-47-44-41-38-35-31-24-21-18-15-12-9-6-3/h8,11,14,17,20,23,25-27,29,54-56,60-61H,4-7,9-10,12-13,15-16,18-19,21-22,24,28,30-53H2,1-3H3,(H,59,62)/b11-8+,17-14+,23-20+,27-25+,29-26-. The van der Waals surface area contributed by atoms with Crippen LogP contribution in [0, 0.1) is 0 Å². The number of hydrogen-bond acceptors (Lipinski definition) is 5. The normalized spacial score (nSPS) is 13.6. The molecule has 0 bridgehead atoms. The molecular weight excluding hydrogens is 791 g/mol. The van der Waals surface area contributed by atoms with Crippen molar-refractivity contribution in [3.8, 4) is 0 Å². The van der Waals surface area contributed by atoms with E-state index in [1.807, 2.05) is 18.2 Å². The number of carbonyl (C=O) groups is 2. The van der Waals surface area contributed by atoms with Crippen LogP contribution in [-0.4, -0.2) is 46.9 Å². The van der Waals surface area contributed by atoms with E-state index in [1.54, 1.807) is 0 Å². The minimum absolute atomic E-state index is 0.0645. The molecule has 0 aromatic carbocycles. The molecule has 0 aliphatic carbocycles. The molecule has 0 heterocycles. The van der Waals surface area contributed by atoms with E-state index in [4.69, 9.17) is 4.74 Å². The predicted octanol–water partition coefficient (Wildman–Crippen LogP) is 16.8. The summed E-state index contributed by atoms with van der Waals surface area (Å²) in [7, 11) is 0. The topological polar surface area (TPSA) is 95.9 Å². The first-order chi connectivity index (χ1) is 31.5. The Labute approximate surface area is 397 Å². The summed E-state index contributed by atoms with van der Waals surface area (Å²) >= 11 is 0. The summed E-state index contributed by atoms with van der Waals surface area (Å²) in [6.07, 6.45) is 64.2. The van der Waals surface area contributed by atoms with Gasteiger partial charge in [-0.3, -0.25) is 9.59 Å². The lowest BCUT2D eigenvalue weighted by Crippen LogP contribution is -2.46. The van der Waals surface area contributed by atoms with Gasteiger partial charge in [-0.25, -0.2) is 0 Å². The third-order valence-corrected chi connectivity index (χ3v) is 12.4. The SMILES string of the molecule is CC/C=C/C=C/C=C/C=C\CCCCCCCC(=O)OC(CCCCCCCCC/C=C/CCCCCCCC)CC(=O)NC(CO)C(O)CCCCCCCCCCCCCCC. The zero-order valence-electron chi connectivity index (χ0n) is 42.4. The third-order valence-electron chi connectivity index (χ3n) is 12.4. The first-order valence-corrected chi connectivity index (χ1v) is 27.6. The van der Waals surface area contributed by atoms with E-state index in [1.165, 1.54) is 141 Å². The molecule has 0 aliphatic rings. The van der Waals surface area contributed by atoms with Crippen LogP contribution in [0.25, 0.3) is 0 Å². The molecule has 0 fully saturated rings. The van der Waals surface area contributed by atoms with E-state index < -0.39 is 18.2 Å². The van der Waals surface area contributed by atoms with E-state index in [0.717, 1.165) is 83.5 Å². The van der Waals surface area contributed by atoms with Gasteiger partial charge in [-0.05, 0) is 70.6 Å². The second kappa shape index (κ2) is 51.5. The van der Waals surface area contributed by atoms with Gasteiger partial charge < -0.3 is 20.3 Å². The summed E-state index contributed by atoms with van der Waals surface area (Å²) < 4.78 is 5.94. The van der Waals surface area contributed by atoms with Crippen LogP contribution >= 0.6 is 0 Å². The largest absolute Gasteiger partial charge is 0.462 e. The van der Waals surface area contributed by atoms with Crippen LogP contribution < -0.4 is 5.32 Å². The average Bonchev–Trinajstić information content (AvgIpc) is 3.29. The van der Waals surface area contributed by atoms with Crippen molar-refractivity contribution in [2.75, 3.05) is 6.61 Å². The number of nitrogens with one attached hydrogen (secondary N) is 1. The fourth-order valence-corrected chi connectivity index (χ4v) is 8.26. The van der Waals surface area contributed by atoms with Gasteiger partial charge in [-0.2, -0.15) is 0 Å². The fraction of sp³-hybridized carbons (Fsp3) is 0.793. The Morgan fingerprint density at radius 2 is 0.859 bits per heavy atom. The van der Waals surface area contributed by atoms with Gasteiger partial charge in [0.1, 0.15) is 6.10 Å². The zero-order valence-corrected chi connectivity index (χ0v) is 42.4. The summed E-state index contributed by atoms with van der Waals surface area (Å²) in [5.41, 5.74) is 0. The van der Waals surface area contributed by atoms with Crippen molar-refractivity contribution in [3.63, 3.8) is 0 Å². The highest BCUT2D eigenvalue weighted by Crippen LogP contribution is 2.18. The second-order valence-electron chi connectivity index (χ2n) is 18.7. The van der Waals surface area contributed by atoms with Gasteiger partial charge >= 0.3 is 5.97 Å². The van der Waals surface area contributed by atoms with E-state index in [9.17, 15) is 19.8 Å². The van der Waals surface area contributed by atoms with Crippen molar-refractivity contribution in [1.29, 1.82) is 0 Å². The van der Waals surface area contributed by atoms with Crippen molar-refractivity contribution in [3.05, 3.63) is 60.8 Å². The molecule has 0 rings (SSSR count). The number of carbonyl (C=O) groups excluding carboxylic acids is 2. The van der Waals surface area contributed by atoms with Gasteiger partial charge in [-0.1, -0.05) is 248 Å². The minimum atomic E-state index is -0.794. The van der Waals surface area contributed by atoms with Crippen LogP contribution in [0.4, 0.5) is 0 Å². The van der Waals surface area contributed by atoms with Crippen molar-refractivity contribution < 1.29 is 24.5 Å². The number of aliphatic hydroxyl groups is 2. The number of hydrogen-bond donors (Lipinski definition) is 3. The van der Waals surface area contributed by atoms with E-state index in [-0.39, 0.29) is 24.9 Å². The molecule has 0 aliphatic heterocycles. The summed E-state index contributed by atoms with van der Waals surface area (Å²) in [6, 6.07) is -0.709. The molecule has 0 radical (unpaired) electrons. The summed E-state index contributed by atoms with van der Waals surface area (Å²) in [5.74, 6) is -0.499. The van der Waals surface area contributed by atoms with Crippen molar-refractivity contribution in [1.82, 2.24) is 5.32 Å². The Bertz CT molecular complexity index is 1140. The van der Waals surface area contributed by atoms with Crippen molar-refractivity contribution in [2.24, 2.45) is 0 Å². The monoisotopic (exact) mass is 896 g/mol. The van der Waals surface area contributed by atoms with Crippen LogP contribution in [0.5, 0.6) is 0 Å².